The highest BCUT2D eigenvalue weighted by Gasteiger charge is 2.51. The van der Waals surface area contributed by atoms with Gasteiger partial charge in [-0.25, -0.2) is 4.79 Å². The van der Waals surface area contributed by atoms with E-state index in [1.165, 1.54) is 26.0 Å². The molecule has 5 atom stereocenters. The lowest BCUT2D eigenvalue weighted by Crippen LogP contribution is -2.62. The minimum atomic E-state index is -1.84. The molecule has 34 heavy (non-hydrogen) atoms. The van der Waals surface area contributed by atoms with E-state index in [2.05, 4.69) is 0 Å². The highest BCUT2D eigenvalue weighted by Crippen LogP contribution is 2.29. The summed E-state index contributed by atoms with van der Waals surface area (Å²) in [5, 5.41) is 20.2. The summed E-state index contributed by atoms with van der Waals surface area (Å²) in [6, 6.07) is 7.83. The molecule has 0 spiro atoms. The van der Waals surface area contributed by atoms with Crippen LogP contribution in [-0.2, 0) is 38.1 Å². The molecule has 0 bridgehead atoms. The lowest BCUT2D eigenvalue weighted by Gasteiger charge is -2.42. The summed E-state index contributed by atoms with van der Waals surface area (Å²) in [6.07, 6.45) is -8.66. The second-order valence-corrected chi connectivity index (χ2v) is 7.80. The lowest BCUT2D eigenvalue weighted by atomic mass is 9.98. The summed E-state index contributed by atoms with van der Waals surface area (Å²) in [6.45, 7) is 1.85. The number of aliphatic hydroxyl groups excluding tert-OH is 2. The Balaban J connectivity index is 2.30. The number of carbonyl (C=O) groups excluding carboxylic acids is 5. The number of hydrogen-bond donors (Lipinski definition) is 2. The molecule has 0 unspecified atom stereocenters. The Bertz CT molecular complexity index is 882. The summed E-state index contributed by atoms with van der Waals surface area (Å²) in [4.78, 5) is 59.7. The van der Waals surface area contributed by atoms with Gasteiger partial charge in [0.15, 0.2) is 24.6 Å². The topological polar surface area (TPSA) is 163 Å². The maximum absolute atomic E-state index is 12.7. The van der Waals surface area contributed by atoms with Crippen molar-refractivity contribution < 1.29 is 53.1 Å². The van der Waals surface area contributed by atoms with Crippen molar-refractivity contribution in [2.24, 2.45) is 0 Å². The molecule has 1 aliphatic heterocycles. The Morgan fingerprint density at radius 1 is 0.794 bits per heavy atom. The Kier molecular flexibility index (Phi) is 10.3. The van der Waals surface area contributed by atoms with Crippen molar-refractivity contribution in [2.45, 2.75) is 70.2 Å². The Hall–Kier alpha value is -3.15. The van der Waals surface area contributed by atoms with Crippen LogP contribution in [-0.4, -0.2) is 77.0 Å². The number of ketones is 2. The van der Waals surface area contributed by atoms with E-state index in [0.717, 1.165) is 0 Å². The first-order chi connectivity index (χ1) is 16.1. The molecule has 11 heteroatoms. The zero-order valence-corrected chi connectivity index (χ0v) is 18.9. The number of benzene rings is 1. The van der Waals surface area contributed by atoms with Crippen LogP contribution in [0.3, 0.4) is 0 Å². The van der Waals surface area contributed by atoms with E-state index in [1.54, 1.807) is 18.2 Å². The largest absolute Gasteiger partial charge is 0.454 e. The van der Waals surface area contributed by atoms with E-state index in [-0.39, 0.29) is 42.8 Å². The summed E-state index contributed by atoms with van der Waals surface area (Å²) >= 11 is 0. The molecule has 1 saturated heterocycles. The van der Waals surface area contributed by atoms with Crippen molar-refractivity contribution in [1.82, 2.24) is 0 Å². The number of hydrogen-bond acceptors (Lipinski definition) is 11. The van der Waals surface area contributed by atoms with Crippen LogP contribution in [0.2, 0.25) is 0 Å². The van der Waals surface area contributed by atoms with Crippen molar-refractivity contribution in [1.29, 1.82) is 0 Å². The van der Waals surface area contributed by atoms with Gasteiger partial charge in [-0.1, -0.05) is 18.2 Å². The van der Waals surface area contributed by atoms with Crippen LogP contribution in [0.4, 0.5) is 0 Å². The molecule has 1 aliphatic rings. The molecule has 0 saturated carbocycles. The third-order valence-electron chi connectivity index (χ3n) is 4.94. The monoisotopic (exact) mass is 480 g/mol. The molecule has 1 aromatic carbocycles. The molecule has 2 rings (SSSR count). The standard InChI is InChI=1S/C23H28O11/c1-13(25)8-10-17(27)32-20-19(34-22(29)15-6-4-3-5-7-15)16(12-24)31-23(30)21(20)33-18(28)11-9-14(2)26/h3-7,16,19-21,23-24,30H,8-12H2,1-2H3/t16-,19-,20+,21+,23+/m1/s1. The summed E-state index contributed by atoms with van der Waals surface area (Å²) in [7, 11) is 0. The zero-order chi connectivity index (χ0) is 25.3. The van der Waals surface area contributed by atoms with Crippen LogP contribution < -0.4 is 0 Å². The SMILES string of the molecule is CC(=O)CCC(=O)O[C@@H]1[C@H](OC(=O)CCC(C)=O)[C@@H](O)O[C@H](CO)[C@H]1OC(=O)c1ccccc1. The quantitative estimate of drug-likeness (QED) is 0.334. The van der Waals surface area contributed by atoms with Crippen molar-refractivity contribution in [3.05, 3.63) is 35.9 Å². The van der Waals surface area contributed by atoms with Crippen molar-refractivity contribution in [3.8, 4) is 0 Å². The van der Waals surface area contributed by atoms with E-state index >= 15 is 0 Å². The average Bonchev–Trinajstić information content (AvgIpc) is 2.80. The van der Waals surface area contributed by atoms with Gasteiger partial charge in [0.1, 0.15) is 17.7 Å². The second-order valence-electron chi connectivity index (χ2n) is 7.80. The van der Waals surface area contributed by atoms with Crippen LogP contribution in [0.15, 0.2) is 30.3 Å². The molecule has 0 amide bonds. The number of carbonyl (C=O) groups is 5. The average molecular weight is 480 g/mol. The van der Waals surface area contributed by atoms with Crippen molar-refractivity contribution >= 4 is 29.5 Å². The minimum absolute atomic E-state index is 0.114. The number of ether oxygens (including phenoxy) is 4. The summed E-state index contributed by atoms with van der Waals surface area (Å²) < 4.78 is 21.3. The molecule has 11 nitrogen and oxygen atoms in total. The van der Waals surface area contributed by atoms with Crippen LogP contribution in [0.5, 0.6) is 0 Å². The Morgan fingerprint density at radius 3 is 1.82 bits per heavy atom. The fourth-order valence-corrected chi connectivity index (χ4v) is 3.19. The van der Waals surface area contributed by atoms with Gasteiger partial charge >= 0.3 is 17.9 Å². The molecule has 0 radical (unpaired) electrons. The third-order valence-corrected chi connectivity index (χ3v) is 4.94. The molecule has 2 N–H and O–H groups in total. The van der Waals surface area contributed by atoms with Gasteiger partial charge in [0.25, 0.3) is 0 Å². The predicted molar refractivity (Wildman–Crippen MR) is 113 cm³/mol. The van der Waals surface area contributed by atoms with Crippen LogP contribution in [0.1, 0.15) is 49.9 Å². The zero-order valence-electron chi connectivity index (χ0n) is 18.9. The fourth-order valence-electron chi connectivity index (χ4n) is 3.19. The first kappa shape index (κ1) is 27.1. The molecule has 1 fully saturated rings. The Morgan fingerprint density at radius 2 is 1.32 bits per heavy atom. The van der Waals surface area contributed by atoms with E-state index in [0.29, 0.717) is 0 Å². The minimum Gasteiger partial charge on any atom is -0.454 e. The van der Waals surface area contributed by atoms with Crippen LogP contribution >= 0.6 is 0 Å². The third kappa shape index (κ3) is 8.01. The van der Waals surface area contributed by atoms with Gasteiger partial charge in [-0.2, -0.15) is 0 Å². The molecule has 0 aromatic heterocycles. The number of aliphatic hydroxyl groups is 2. The van der Waals surface area contributed by atoms with Gasteiger partial charge in [0.05, 0.1) is 25.0 Å². The van der Waals surface area contributed by atoms with Crippen LogP contribution in [0.25, 0.3) is 0 Å². The summed E-state index contributed by atoms with van der Waals surface area (Å²) in [5.41, 5.74) is 0.155. The van der Waals surface area contributed by atoms with Gasteiger partial charge in [-0.15, -0.1) is 0 Å². The number of Topliss-reactive ketones (excluding diaryl/α,β-unsaturated/α-hetero) is 2. The molecule has 186 valence electrons. The first-order valence-corrected chi connectivity index (χ1v) is 10.7. The molecule has 1 aromatic rings. The maximum atomic E-state index is 12.7. The van der Waals surface area contributed by atoms with Crippen molar-refractivity contribution in [3.63, 3.8) is 0 Å². The number of rotatable bonds is 11. The first-order valence-electron chi connectivity index (χ1n) is 10.7. The molecular formula is C23H28O11. The van der Waals surface area contributed by atoms with Crippen LogP contribution in [0, 0.1) is 0 Å². The van der Waals surface area contributed by atoms with Gasteiger partial charge in [0.2, 0.25) is 0 Å². The van der Waals surface area contributed by atoms with Gasteiger partial charge < -0.3 is 38.7 Å². The predicted octanol–water partition coefficient (Wildman–Crippen LogP) is 0.484. The van der Waals surface area contributed by atoms with Gasteiger partial charge in [0, 0.05) is 12.8 Å². The normalized spacial score (nSPS) is 24.1. The maximum Gasteiger partial charge on any atom is 0.338 e. The van der Waals surface area contributed by atoms with E-state index in [9.17, 15) is 34.2 Å². The van der Waals surface area contributed by atoms with Gasteiger partial charge in [-0.05, 0) is 26.0 Å². The molecule has 1 heterocycles. The lowest BCUT2D eigenvalue weighted by molar-refractivity contribution is -0.293. The van der Waals surface area contributed by atoms with E-state index in [4.69, 9.17) is 18.9 Å². The summed E-state index contributed by atoms with van der Waals surface area (Å²) in [5.74, 6) is -3.13. The van der Waals surface area contributed by atoms with E-state index < -0.39 is 55.2 Å². The second kappa shape index (κ2) is 12.9. The van der Waals surface area contributed by atoms with Gasteiger partial charge in [-0.3, -0.25) is 9.59 Å². The van der Waals surface area contributed by atoms with E-state index in [1.807, 2.05) is 0 Å². The van der Waals surface area contributed by atoms with Crippen molar-refractivity contribution in [2.75, 3.05) is 6.61 Å². The molecular weight excluding hydrogens is 452 g/mol. The molecule has 0 aliphatic carbocycles. The Labute approximate surface area is 195 Å². The highest BCUT2D eigenvalue weighted by molar-refractivity contribution is 5.89. The fraction of sp³-hybridized carbons (Fsp3) is 0.522. The number of esters is 3. The smallest absolute Gasteiger partial charge is 0.338 e. The highest BCUT2D eigenvalue weighted by atomic mass is 16.7.